The molecule has 2 aliphatic rings. The molecule has 3 rings (SSSR count). The molecule has 27 heavy (non-hydrogen) atoms. The van der Waals surface area contributed by atoms with Crippen LogP contribution in [0.15, 0.2) is 71.2 Å². The molecule has 0 fully saturated rings. The fraction of sp³-hybridized carbons (Fsp3) is 0.200. The zero-order valence-electron chi connectivity index (χ0n) is 14.9. The number of aliphatic hydroxyl groups is 1. The highest BCUT2D eigenvalue weighted by Gasteiger charge is 2.35. The maximum atomic E-state index is 12.7. The number of ketones is 1. The van der Waals surface area contributed by atoms with Gasteiger partial charge in [-0.15, -0.1) is 0 Å². The number of ether oxygens (including phenoxy) is 2. The molecule has 7 heteroatoms. The summed E-state index contributed by atoms with van der Waals surface area (Å²) in [6.45, 7) is 0.268. The standard InChI is InChI=1S/C20H19NO6/c1-26-14-6-4-13(5-7-14)21-10-12(3-8-18(23)24)19-15(11-21)16(22)9-17(27-2)20(19)25/h3-9,11,17,22H,10H2,1-2H3,(H,23,24). The van der Waals surface area contributed by atoms with E-state index in [9.17, 15) is 14.7 Å². The minimum absolute atomic E-state index is 0.0871. The molecular formula is C20H19NO6. The summed E-state index contributed by atoms with van der Waals surface area (Å²) in [5.41, 5.74) is 1.89. The van der Waals surface area contributed by atoms with E-state index >= 15 is 0 Å². The van der Waals surface area contributed by atoms with Gasteiger partial charge in [-0.25, -0.2) is 4.79 Å². The second-order valence-electron chi connectivity index (χ2n) is 6.01. The number of anilines is 1. The van der Waals surface area contributed by atoms with E-state index in [1.807, 2.05) is 17.0 Å². The molecule has 1 aliphatic heterocycles. The first-order chi connectivity index (χ1) is 12.9. The lowest BCUT2D eigenvalue weighted by Crippen LogP contribution is -2.35. The molecule has 140 valence electrons. The molecule has 0 spiro atoms. The number of hydrogen-bond donors (Lipinski definition) is 2. The summed E-state index contributed by atoms with van der Waals surface area (Å²) >= 11 is 0. The average Bonchev–Trinajstić information content (AvgIpc) is 2.68. The molecule has 0 amide bonds. The van der Waals surface area contributed by atoms with E-state index in [0.717, 1.165) is 11.8 Å². The van der Waals surface area contributed by atoms with Gasteiger partial charge in [0.2, 0.25) is 0 Å². The third kappa shape index (κ3) is 3.63. The lowest BCUT2D eigenvalue weighted by Gasteiger charge is -2.32. The van der Waals surface area contributed by atoms with Crippen LogP contribution in [0.4, 0.5) is 5.69 Å². The molecule has 2 N–H and O–H groups in total. The first kappa shape index (κ1) is 18.5. The van der Waals surface area contributed by atoms with E-state index in [1.54, 1.807) is 25.4 Å². The molecule has 0 saturated heterocycles. The van der Waals surface area contributed by atoms with Crippen LogP contribution in [0.1, 0.15) is 0 Å². The lowest BCUT2D eigenvalue weighted by molar-refractivity contribution is -0.131. The van der Waals surface area contributed by atoms with Gasteiger partial charge in [-0.3, -0.25) is 4.79 Å². The van der Waals surface area contributed by atoms with Gasteiger partial charge < -0.3 is 24.6 Å². The number of Topliss-reactive ketones (excluding diaryl/α,β-unsaturated/α-hetero) is 1. The van der Waals surface area contributed by atoms with Crippen LogP contribution in [0.25, 0.3) is 0 Å². The zero-order valence-corrected chi connectivity index (χ0v) is 14.9. The molecule has 0 saturated carbocycles. The summed E-state index contributed by atoms with van der Waals surface area (Å²) in [7, 11) is 2.95. The maximum absolute atomic E-state index is 12.7. The highest BCUT2D eigenvalue weighted by Crippen LogP contribution is 2.35. The van der Waals surface area contributed by atoms with E-state index in [1.165, 1.54) is 19.3 Å². The SMILES string of the molecule is COc1ccc(N2C=C3C(O)=CC(OC)C(=O)C3=C(C=CC(=O)O)C2)cc1. The molecule has 1 heterocycles. The third-order valence-electron chi connectivity index (χ3n) is 4.39. The van der Waals surface area contributed by atoms with Gasteiger partial charge >= 0.3 is 5.97 Å². The van der Waals surface area contributed by atoms with Crippen molar-refractivity contribution < 1.29 is 29.3 Å². The van der Waals surface area contributed by atoms with Crippen LogP contribution in [-0.2, 0) is 14.3 Å². The molecule has 1 aliphatic carbocycles. The number of benzene rings is 1. The van der Waals surface area contributed by atoms with Crippen LogP contribution in [0.5, 0.6) is 5.75 Å². The summed E-state index contributed by atoms with van der Waals surface area (Å²) in [4.78, 5) is 25.5. The number of carboxylic acid groups (broad SMARTS) is 1. The van der Waals surface area contributed by atoms with Crippen molar-refractivity contribution in [2.24, 2.45) is 0 Å². The number of fused-ring (bicyclic) bond motifs is 1. The van der Waals surface area contributed by atoms with Crippen molar-refractivity contribution in [1.29, 1.82) is 0 Å². The van der Waals surface area contributed by atoms with Crippen LogP contribution in [0.2, 0.25) is 0 Å². The summed E-state index contributed by atoms with van der Waals surface area (Å²) in [6.07, 6.45) is 4.46. The summed E-state index contributed by atoms with van der Waals surface area (Å²) < 4.78 is 10.3. The highest BCUT2D eigenvalue weighted by atomic mass is 16.5. The van der Waals surface area contributed by atoms with Crippen molar-refractivity contribution in [2.45, 2.75) is 6.10 Å². The smallest absolute Gasteiger partial charge is 0.328 e. The fourth-order valence-corrected chi connectivity index (χ4v) is 3.06. The Morgan fingerprint density at radius 2 is 1.96 bits per heavy atom. The van der Waals surface area contributed by atoms with Gasteiger partial charge in [-0.05, 0) is 42.0 Å². The van der Waals surface area contributed by atoms with E-state index in [0.29, 0.717) is 16.9 Å². The normalized spacial score (nSPS) is 19.7. The zero-order chi connectivity index (χ0) is 19.6. The Bertz CT molecular complexity index is 892. The van der Waals surface area contributed by atoms with Gasteiger partial charge in [0.15, 0.2) is 5.78 Å². The van der Waals surface area contributed by atoms with Crippen molar-refractivity contribution in [3.63, 3.8) is 0 Å². The van der Waals surface area contributed by atoms with Crippen molar-refractivity contribution >= 4 is 17.4 Å². The number of carbonyl (C=O) groups is 2. The van der Waals surface area contributed by atoms with Crippen LogP contribution in [-0.4, -0.2) is 48.8 Å². The molecule has 0 bridgehead atoms. The van der Waals surface area contributed by atoms with Crippen LogP contribution in [0, 0.1) is 0 Å². The number of aliphatic carboxylic acids is 1. The lowest BCUT2D eigenvalue weighted by atomic mass is 9.85. The summed E-state index contributed by atoms with van der Waals surface area (Å²) in [5.74, 6) is -0.831. The van der Waals surface area contributed by atoms with E-state index in [-0.39, 0.29) is 23.7 Å². The van der Waals surface area contributed by atoms with Crippen molar-refractivity contribution in [3.8, 4) is 5.75 Å². The number of carbonyl (C=O) groups excluding carboxylic acids is 1. The van der Waals surface area contributed by atoms with Gasteiger partial charge in [-0.2, -0.15) is 0 Å². The Hall–Kier alpha value is -3.32. The highest BCUT2D eigenvalue weighted by molar-refractivity contribution is 6.08. The van der Waals surface area contributed by atoms with E-state index in [2.05, 4.69) is 0 Å². The van der Waals surface area contributed by atoms with Gasteiger partial charge in [0.05, 0.1) is 7.11 Å². The average molecular weight is 369 g/mol. The van der Waals surface area contributed by atoms with E-state index in [4.69, 9.17) is 14.6 Å². The Morgan fingerprint density at radius 1 is 1.26 bits per heavy atom. The number of aliphatic hydroxyl groups excluding tert-OH is 1. The van der Waals surface area contributed by atoms with Gasteiger partial charge in [0.25, 0.3) is 0 Å². The monoisotopic (exact) mass is 369 g/mol. The maximum Gasteiger partial charge on any atom is 0.328 e. The minimum atomic E-state index is -1.12. The molecule has 0 aromatic heterocycles. The second kappa shape index (κ2) is 7.51. The number of nitrogens with zero attached hydrogens (tertiary/aromatic N) is 1. The van der Waals surface area contributed by atoms with Gasteiger partial charge in [0.1, 0.15) is 17.6 Å². The molecule has 1 aromatic rings. The number of hydrogen-bond acceptors (Lipinski definition) is 6. The van der Waals surface area contributed by atoms with Crippen LogP contribution in [0.3, 0.4) is 0 Å². The molecule has 7 nitrogen and oxygen atoms in total. The molecule has 1 atom stereocenters. The van der Waals surface area contributed by atoms with Crippen molar-refractivity contribution in [2.75, 3.05) is 25.7 Å². The Balaban J connectivity index is 2.08. The number of allylic oxidation sites excluding steroid dienone is 1. The van der Waals surface area contributed by atoms with Crippen molar-refractivity contribution in [1.82, 2.24) is 0 Å². The Labute approximate surface area is 156 Å². The van der Waals surface area contributed by atoms with Crippen LogP contribution < -0.4 is 9.64 Å². The number of rotatable bonds is 5. The first-order valence-corrected chi connectivity index (χ1v) is 8.19. The van der Waals surface area contributed by atoms with E-state index < -0.39 is 12.1 Å². The topological polar surface area (TPSA) is 96.3 Å². The Kier molecular flexibility index (Phi) is 5.14. The molecular weight excluding hydrogens is 350 g/mol. The third-order valence-corrected chi connectivity index (χ3v) is 4.39. The summed E-state index contributed by atoms with van der Waals surface area (Å²) in [5, 5.41) is 19.4. The minimum Gasteiger partial charge on any atom is -0.507 e. The predicted octanol–water partition coefficient (Wildman–Crippen LogP) is 2.38. The predicted molar refractivity (Wildman–Crippen MR) is 98.7 cm³/mol. The van der Waals surface area contributed by atoms with Crippen molar-refractivity contribution in [3.05, 3.63) is 71.2 Å². The Morgan fingerprint density at radius 3 is 2.56 bits per heavy atom. The largest absolute Gasteiger partial charge is 0.507 e. The van der Waals surface area contributed by atoms with Gasteiger partial charge in [0, 0.05) is 42.8 Å². The van der Waals surface area contributed by atoms with Crippen LogP contribution >= 0.6 is 0 Å². The number of carboxylic acids is 1. The first-order valence-electron chi connectivity index (χ1n) is 8.19. The second-order valence-corrected chi connectivity index (χ2v) is 6.01. The number of methoxy groups -OCH3 is 2. The molecule has 0 radical (unpaired) electrons. The quantitative estimate of drug-likeness (QED) is 0.769. The fourth-order valence-electron chi connectivity index (χ4n) is 3.06. The van der Waals surface area contributed by atoms with Gasteiger partial charge in [-0.1, -0.05) is 0 Å². The summed E-state index contributed by atoms with van der Waals surface area (Å²) in [6, 6.07) is 7.26. The molecule has 1 aromatic carbocycles. The molecule has 1 unspecified atom stereocenters.